The second-order valence-electron chi connectivity index (χ2n) is 4.51. The zero-order chi connectivity index (χ0) is 16.8. The highest BCUT2D eigenvalue weighted by Crippen LogP contribution is 2.16. The molecule has 6 nitrogen and oxygen atoms in total. The van der Waals surface area contributed by atoms with Gasteiger partial charge in [0.05, 0.1) is 21.8 Å². The van der Waals surface area contributed by atoms with Gasteiger partial charge in [-0.25, -0.2) is 4.79 Å². The number of primary amides is 1. The van der Waals surface area contributed by atoms with Crippen molar-refractivity contribution in [1.82, 2.24) is 0 Å². The van der Waals surface area contributed by atoms with E-state index in [-0.39, 0.29) is 21.8 Å². The van der Waals surface area contributed by atoms with Crippen LogP contribution in [0.2, 0.25) is 5.02 Å². The summed E-state index contributed by atoms with van der Waals surface area (Å²) in [7, 11) is 0. The van der Waals surface area contributed by atoms with Crippen LogP contribution in [0.1, 0.15) is 20.7 Å². The van der Waals surface area contributed by atoms with Crippen molar-refractivity contribution < 1.29 is 19.1 Å². The molecule has 0 radical (unpaired) electrons. The van der Waals surface area contributed by atoms with Gasteiger partial charge in [-0.1, -0.05) is 35.9 Å². The number of esters is 1. The second kappa shape index (κ2) is 7.42. The molecule has 0 bridgehead atoms. The monoisotopic (exact) mass is 332 g/mol. The molecule has 2 amide bonds. The molecule has 0 saturated carbocycles. The number of carbonyl (C=O) groups excluding carboxylic acids is 3. The summed E-state index contributed by atoms with van der Waals surface area (Å²) in [5.41, 5.74) is 5.80. The van der Waals surface area contributed by atoms with Gasteiger partial charge >= 0.3 is 5.97 Å². The number of para-hydroxylation sites is 1. The maximum atomic E-state index is 11.8. The molecular formula is C16H13ClN2O4. The van der Waals surface area contributed by atoms with Crippen LogP contribution in [-0.4, -0.2) is 24.4 Å². The molecule has 0 aliphatic rings. The van der Waals surface area contributed by atoms with Crippen LogP contribution in [0.4, 0.5) is 5.69 Å². The summed E-state index contributed by atoms with van der Waals surface area (Å²) in [6.45, 7) is -0.517. The van der Waals surface area contributed by atoms with E-state index in [2.05, 4.69) is 5.32 Å². The molecule has 0 aromatic heterocycles. The Balaban J connectivity index is 1.97. The molecule has 0 saturated heterocycles. The van der Waals surface area contributed by atoms with Crippen molar-refractivity contribution in [2.45, 2.75) is 0 Å². The smallest absolute Gasteiger partial charge is 0.340 e. The van der Waals surface area contributed by atoms with Crippen molar-refractivity contribution in [3.8, 4) is 0 Å². The van der Waals surface area contributed by atoms with Crippen LogP contribution < -0.4 is 11.1 Å². The summed E-state index contributed by atoms with van der Waals surface area (Å²) >= 11 is 5.87. The first-order valence-electron chi connectivity index (χ1n) is 6.59. The third kappa shape index (κ3) is 4.31. The van der Waals surface area contributed by atoms with Gasteiger partial charge in [0.15, 0.2) is 6.61 Å². The van der Waals surface area contributed by atoms with Crippen LogP contribution in [0, 0.1) is 0 Å². The van der Waals surface area contributed by atoms with Crippen LogP contribution in [0.5, 0.6) is 0 Å². The summed E-state index contributed by atoms with van der Waals surface area (Å²) in [5, 5.41) is 2.70. The highest BCUT2D eigenvalue weighted by molar-refractivity contribution is 6.33. The highest BCUT2D eigenvalue weighted by atomic mass is 35.5. The van der Waals surface area contributed by atoms with E-state index in [9.17, 15) is 14.4 Å². The van der Waals surface area contributed by atoms with Crippen molar-refractivity contribution in [3.63, 3.8) is 0 Å². The predicted octanol–water partition coefficient (Wildman–Crippen LogP) is 2.23. The molecule has 0 aliphatic carbocycles. The quantitative estimate of drug-likeness (QED) is 0.820. The van der Waals surface area contributed by atoms with Crippen molar-refractivity contribution >= 4 is 35.1 Å². The molecule has 3 N–H and O–H groups in total. The molecule has 2 aromatic carbocycles. The first-order chi connectivity index (χ1) is 11.0. The van der Waals surface area contributed by atoms with Gasteiger partial charge in [-0.15, -0.1) is 0 Å². The molecule has 0 spiro atoms. The lowest BCUT2D eigenvalue weighted by molar-refractivity contribution is -0.119. The topological polar surface area (TPSA) is 98.5 Å². The van der Waals surface area contributed by atoms with Crippen LogP contribution in [-0.2, 0) is 9.53 Å². The van der Waals surface area contributed by atoms with E-state index in [1.807, 2.05) is 0 Å². The minimum absolute atomic E-state index is 0.165. The van der Waals surface area contributed by atoms with Crippen LogP contribution >= 0.6 is 11.6 Å². The number of rotatable bonds is 5. The SMILES string of the molecule is NC(=O)c1ccccc1NC(=O)COC(=O)c1ccccc1Cl. The largest absolute Gasteiger partial charge is 0.452 e. The van der Waals surface area contributed by atoms with Crippen LogP contribution in [0.3, 0.4) is 0 Å². The number of ether oxygens (including phenoxy) is 1. The lowest BCUT2D eigenvalue weighted by atomic mass is 10.1. The van der Waals surface area contributed by atoms with Gasteiger partial charge < -0.3 is 15.8 Å². The number of amides is 2. The predicted molar refractivity (Wildman–Crippen MR) is 85.3 cm³/mol. The third-order valence-electron chi connectivity index (χ3n) is 2.89. The molecule has 2 rings (SSSR count). The fourth-order valence-corrected chi connectivity index (χ4v) is 2.04. The standard InChI is InChI=1S/C16H13ClN2O4/c17-12-7-3-1-5-10(12)16(22)23-9-14(20)19-13-8-4-2-6-11(13)15(18)21/h1-8H,9H2,(H2,18,21)(H,19,20). The number of hydrogen-bond acceptors (Lipinski definition) is 4. The average Bonchev–Trinajstić information content (AvgIpc) is 2.53. The first-order valence-corrected chi connectivity index (χ1v) is 6.97. The summed E-state index contributed by atoms with van der Waals surface area (Å²) < 4.78 is 4.89. The van der Waals surface area contributed by atoms with Crippen LogP contribution in [0.25, 0.3) is 0 Å². The number of anilines is 1. The summed E-state index contributed by atoms with van der Waals surface area (Å²) in [5.74, 6) is -1.98. The molecule has 0 atom stereocenters. The number of carbonyl (C=O) groups is 3. The van der Waals surface area contributed by atoms with Gasteiger partial charge in [0.1, 0.15) is 0 Å². The third-order valence-corrected chi connectivity index (χ3v) is 3.22. The van der Waals surface area contributed by atoms with Crippen molar-refractivity contribution in [2.24, 2.45) is 5.73 Å². The number of hydrogen-bond donors (Lipinski definition) is 2. The highest BCUT2D eigenvalue weighted by Gasteiger charge is 2.14. The van der Waals surface area contributed by atoms with Gasteiger partial charge in [-0.2, -0.15) is 0 Å². The number of nitrogens with one attached hydrogen (secondary N) is 1. The minimum atomic E-state index is -0.714. The molecule has 0 aliphatic heterocycles. The molecule has 7 heteroatoms. The Hall–Kier alpha value is -2.86. The van der Waals surface area contributed by atoms with Crippen LogP contribution in [0.15, 0.2) is 48.5 Å². The number of halogens is 1. The Bertz CT molecular complexity index is 761. The maximum absolute atomic E-state index is 11.8. The molecule has 0 fully saturated rings. The Morgan fingerprint density at radius 2 is 1.61 bits per heavy atom. The van der Waals surface area contributed by atoms with Gasteiger partial charge in [-0.3, -0.25) is 9.59 Å². The van der Waals surface area contributed by atoms with Gasteiger partial charge in [0.25, 0.3) is 11.8 Å². The summed E-state index contributed by atoms with van der Waals surface area (Å²) in [4.78, 5) is 34.9. The van der Waals surface area contributed by atoms with Crippen molar-refractivity contribution in [1.29, 1.82) is 0 Å². The fourth-order valence-electron chi connectivity index (χ4n) is 1.83. The molecule has 118 valence electrons. The van der Waals surface area contributed by atoms with Gasteiger partial charge in [-0.05, 0) is 24.3 Å². The molecule has 0 heterocycles. The van der Waals surface area contributed by atoms with E-state index < -0.39 is 24.4 Å². The van der Waals surface area contributed by atoms with E-state index in [0.717, 1.165) is 0 Å². The van der Waals surface area contributed by atoms with E-state index >= 15 is 0 Å². The number of nitrogens with two attached hydrogens (primary N) is 1. The normalized spacial score (nSPS) is 9.96. The Labute approximate surface area is 137 Å². The molecule has 2 aromatic rings. The summed E-state index contributed by atoms with van der Waals surface area (Å²) in [6.07, 6.45) is 0. The van der Waals surface area contributed by atoms with E-state index in [4.69, 9.17) is 22.1 Å². The van der Waals surface area contributed by atoms with E-state index in [1.165, 1.54) is 18.2 Å². The maximum Gasteiger partial charge on any atom is 0.340 e. The first kappa shape index (κ1) is 16.5. The molecule has 23 heavy (non-hydrogen) atoms. The Morgan fingerprint density at radius 3 is 2.26 bits per heavy atom. The minimum Gasteiger partial charge on any atom is -0.452 e. The lowest BCUT2D eigenvalue weighted by Gasteiger charge is -2.09. The average molecular weight is 333 g/mol. The molecule has 0 unspecified atom stereocenters. The van der Waals surface area contributed by atoms with Crippen molar-refractivity contribution in [2.75, 3.05) is 11.9 Å². The van der Waals surface area contributed by atoms with Gasteiger partial charge in [0.2, 0.25) is 0 Å². The zero-order valence-electron chi connectivity index (χ0n) is 11.9. The Morgan fingerprint density at radius 1 is 1.00 bits per heavy atom. The van der Waals surface area contributed by atoms with E-state index in [1.54, 1.807) is 30.3 Å². The van der Waals surface area contributed by atoms with Gasteiger partial charge in [0, 0.05) is 0 Å². The second-order valence-corrected chi connectivity index (χ2v) is 4.92. The Kier molecular flexibility index (Phi) is 5.32. The lowest BCUT2D eigenvalue weighted by Crippen LogP contribution is -2.23. The van der Waals surface area contributed by atoms with E-state index in [0.29, 0.717) is 0 Å². The fraction of sp³-hybridized carbons (Fsp3) is 0.0625. The molecular weight excluding hydrogens is 320 g/mol. The number of benzene rings is 2. The summed E-state index contributed by atoms with van der Waals surface area (Å²) in [6, 6.07) is 12.6. The zero-order valence-corrected chi connectivity index (χ0v) is 12.7. The van der Waals surface area contributed by atoms with Crippen molar-refractivity contribution in [3.05, 3.63) is 64.7 Å².